The average molecular weight is 445 g/mol. The minimum atomic E-state index is -0.263. The smallest absolute Gasteiger partial charge is 0.253 e. The number of rotatable bonds is 8. The number of anilines is 1. The van der Waals surface area contributed by atoms with Crippen LogP contribution in [0.4, 0.5) is 5.69 Å². The van der Waals surface area contributed by atoms with E-state index >= 15 is 0 Å². The molecule has 3 aromatic carbocycles. The number of benzene rings is 3. The minimum Gasteiger partial charge on any atom is -0.348 e. The number of carbonyl (C=O) groups excluding carboxylic acids is 2. The molecular weight excluding hydrogens is 424 g/mol. The number of para-hydroxylation sites is 2. The Kier molecular flexibility index (Phi) is 6.88. The molecule has 0 spiro atoms. The largest absolute Gasteiger partial charge is 0.348 e. The molecule has 4 aromatic rings. The monoisotopic (exact) mass is 444 g/mol. The minimum absolute atomic E-state index is 0.0905. The zero-order valence-electron chi connectivity index (χ0n) is 17.0. The van der Waals surface area contributed by atoms with Gasteiger partial charge in [0.15, 0.2) is 0 Å². The molecule has 0 fully saturated rings. The summed E-state index contributed by atoms with van der Waals surface area (Å²) in [5.41, 5.74) is 2.65. The predicted octanol–water partition coefficient (Wildman–Crippen LogP) is 3.32. The van der Waals surface area contributed by atoms with Gasteiger partial charge < -0.3 is 10.6 Å². The van der Waals surface area contributed by atoms with Crippen LogP contribution in [0, 0.1) is 0 Å². The zero-order valence-corrected chi connectivity index (χ0v) is 17.8. The molecule has 0 saturated heterocycles. The normalized spacial score (nSPS) is 10.5. The molecule has 2 N–H and O–H groups in total. The van der Waals surface area contributed by atoms with E-state index in [1.165, 1.54) is 11.8 Å². The third-order valence-corrected chi connectivity index (χ3v) is 5.44. The van der Waals surface area contributed by atoms with Crippen molar-refractivity contribution in [1.29, 1.82) is 0 Å². The van der Waals surface area contributed by atoms with Crippen molar-refractivity contribution >= 4 is 29.3 Å². The first-order chi connectivity index (χ1) is 15.7. The Hall–Kier alpha value is -3.98. The molecule has 4 rings (SSSR count). The summed E-state index contributed by atoms with van der Waals surface area (Å²) in [6, 6.07) is 26.0. The lowest BCUT2D eigenvalue weighted by atomic mass is 10.1. The van der Waals surface area contributed by atoms with Crippen LogP contribution < -0.4 is 10.6 Å². The standard InChI is InChI=1S/C23H20N6O2S/c30-21(16-32-23-26-27-28-29(23)18-11-5-2-6-12-18)25-20-14-8-7-13-19(20)22(31)24-15-17-9-3-1-4-10-17/h1-14H,15-16H2,(H,24,31)(H,25,30). The van der Waals surface area contributed by atoms with Crippen molar-refractivity contribution in [3.63, 3.8) is 0 Å². The van der Waals surface area contributed by atoms with Crippen molar-refractivity contribution in [1.82, 2.24) is 25.5 Å². The number of aromatic nitrogens is 4. The molecule has 1 aromatic heterocycles. The van der Waals surface area contributed by atoms with Gasteiger partial charge in [0.25, 0.3) is 5.91 Å². The van der Waals surface area contributed by atoms with Gasteiger partial charge in [-0.2, -0.15) is 4.68 Å². The average Bonchev–Trinajstić information content (AvgIpc) is 3.31. The number of hydrogen-bond acceptors (Lipinski definition) is 6. The summed E-state index contributed by atoms with van der Waals surface area (Å²) in [4.78, 5) is 25.2. The van der Waals surface area contributed by atoms with Crippen LogP contribution in [0.1, 0.15) is 15.9 Å². The molecule has 0 aliphatic heterocycles. The van der Waals surface area contributed by atoms with Gasteiger partial charge in [0.1, 0.15) is 0 Å². The van der Waals surface area contributed by atoms with Crippen LogP contribution in [-0.4, -0.2) is 37.8 Å². The molecule has 0 atom stereocenters. The number of carbonyl (C=O) groups is 2. The molecular formula is C23H20N6O2S. The number of nitrogens with zero attached hydrogens (tertiary/aromatic N) is 4. The Morgan fingerprint density at radius 3 is 2.34 bits per heavy atom. The van der Waals surface area contributed by atoms with Gasteiger partial charge in [0.05, 0.1) is 22.7 Å². The highest BCUT2D eigenvalue weighted by Crippen LogP contribution is 2.20. The van der Waals surface area contributed by atoms with Gasteiger partial charge in [-0.1, -0.05) is 72.4 Å². The van der Waals surface area contributed by atoms with E-state index in [4.69, 9.17) is 0 Å². The summed E-state index contributed by atoms with van der Waals surface area (Å²) < 4.78 is 1.57. The maximum Gasteiger partial charge on any atom is 0.253 e. The number of nitrogens with one attached hydrogen (secondary N) is 2. The Morgan fingerprint density at radius 1 is 0.875 bits per heavy atom. The molecule has 2 amide bonds. The van der Waals surface area contributed by atoms with E-state index in [0.717, 1.165) is 11.3 Å². The van der Waals surface area contributed by atoms with E-state index in [2.05, 4.69) is 26.2 Å². The fourth-order valence-corrected chi connectivity index (χ4v) is 3.67. The third-order valence-electron chi connectivity index (χ3n) is 4.52. The van der Waals surface area contributed by atoms with E-state index in [1.807, 2.05) is 60.7 Å². The van der Waals surface area contributed by atoms with Crippen molar-refractivity contribution in [2.24, 2.45) is 0 Å². The molecule has 1 heterocycles. The summed E-state index contributed by atoms with van der Waals surface area (Å²) >= 11 is 1.21. The van der Waals surface area contributed by atoms with Crippen LogP contribution >= 0.6 is 11.8 Å². The van der Waals surface area contributed by atoms with Crippen LogP contribution in [0.15, 0.2) is 90.1 Å². The molecule has 0 bridgehead atoms. The van der Waals surface area contributed by atoms with Crippen molar-refractivity contribution in [3.05, 3.63) is 96.1 Å². The Balaban J connectivity index is 1.37. The molecule has 8 nitrogen and oxygen atoms in total. The zero-order chi connectivity index (χ0) is 22.2. The fraction of sp³-hybridized carbons (Fsp3) is 0.0870. The van der Waals surface area contributed by atoms with Crippen molar-refractivity contribution in [2.45, 2.75) is 11.7 Å². The van der Waals surface area contributed by atoms with Crippen LogP contribution in [0.3, 0.4) is 0 Å². The third kappa shape index (κ3) is 5.38. The second-order valence-corrected chi connectivity index (χ2v) is 7.70. The van der Waals surface area contributed by atoms with Crippen molar-refractivity contribution in [3.8, 4) is 5.69 Å². The summed E-state index contributed by atoms with van der Waals surface area (Å²) in [6.07, 6.45) is 0. The first-order valence-corrected chi connectivity index (χ1v) is 10.9. The first-order valence-electron chi connectivity index (χ1n) is 9.88. The van der Waals surface area contributed by atoms with Gasteiger partial charge in [-0.25, -0.2) is 0 Å². The van der Waals surface area contributed by atoms with E-state index in [1.54, 1.807) is 28.9 Å². The van der Waals surface area contributed by atoms with E-state index in [-0.39, 0.29) is 17.6 Å². The lowest BCUT2D eigenvalue weighted by Gasteiger charge is -2.11. The maximum atomic E-state index is 12.7. The highest BCUT2D eigenvalue weighted by molar-refractivity contribution is 7.99. The van der Waals surface area contributed by atoms with E-state index in [0.29, 0.717) is 23.0 Å². The fourth-order valence-electron chi connectivity index (χ4n) is 2.98. The lowest BCUT2D eigenvalue weighted by Crippen LogP contribution is -2.25. The molecule has 0 aliphatic carbocycles. The second-order valence-electron chi connectivity index (χ2n) is 6.76. The molecule has 32 heavy (non-hydrogen) atoms. The number of tetrazole rings is 1. The molecule has 0 radical (unpaired) electrons. The van der Waals surface area contributed by atoms with Gasteiger partial charge in [0, 0.05) is 6.54 Å². The van der Waals surface area contributed by atoms with E-state index < -0.39 is 0 Å². The van der Waals surface area contributed by atoms with Gasteiger partial charge >= 0.3 is 0 Å². The molecule has 0 aliphatic rings. The highest BCUT2D eigenvalue weighted by atomic mass is 32.2. The molecule has 9 heteroatoms. The van der Waals surface area contributed by atoms with Crippen LogP contribution in [0.25, 0.3) is 5.69 Å². The predicted molar refractivity (Wildman–Crippen MR) is 123 cm³/mol. The quantitative estimate of drug-likeness (QED) is 0.404. The summed E-state index contributed by atoms with van der Waals surface area (Å²) in [6.45, 7) is 0.403. The summed E-state index contributed by atoms with van der Waals surface area (Å²) in [5, 5.41) is 17.9. The highest BCUT2D eigenvalue weighted by Gasteiger charge is 2.15. The van der Waals surface area contributed by atoms with Crippen LogP contribution in [0.2, 0.25) is 0 Å². The number of hydrogen-bond donors (Lipinski definition) is 2. The van der Waals surface area contributed by atoms with E-state index in [9.17, 15) is 9.59 Å². The van der Waals surface area contributed by atoms with Gasteiger partial charge in [-0.15, -0.1) is 5.10 Å². The van der Waals surface area contributed by atoms with Gasteiger partial charge in [0.2, 0.25) is 11.1 Å². The summed E-state index contributed by atoms with van der Waals surface area (Å²) in [7, 11) is 0. The van der Waals surface area contributed by atoms with Gasteiger partial charge in [-0.3, -0.25) is 9.59 Å². The maximum absolute atomic E-state index is 12.7. The Bertz CT molecular complexity index is 1200. The first kappa shape index (κ1) is 21.3. The van der Waals surface area contributed by atoms with Crippen molar-refractivity contribution in [2.75, 3.05) is 11.1 Å². The number of thioether (sulfide) groups is 1. The van der Waals surface area contributed by atoms with Gasteiger partial charge in [-0.05, 0) is 40.3 Å². The van der Waals surface area contributed by atoms with Crippen LogP contribution in [-0.2, 0) is 11.3 Å². The Labute approximate surface area is 189 Å². The molecule has 160 valence electrons. The topological polar surface area (TPSA) is 102 Å². The molecule has 0 saturated carbocycles. The second kappa shape index (κ2) is 10.4. The number of amides is 2. The SMILES string of the molecule is O=C(CSc1nnnn1-c1ccccc1)Nc1ccccc1C(=O)NCc1ccccc1. The molecule has 0 unspecified atom stereocenters. The lowest BCUT2D eigenvalue weighted by molar-refractivity contribution is -0.113. The van der Waals surface area contributed by atoms with Crippen molar-refractivity contribution < 1.29 is 9.59 Å². The Morgan fingerprint density at radius 2 is 1.56 bits per heavy atom. The van der Waals surface area contributed by atoms with Crippen LogP contribution in [0.5, 0.6) is 0 Å². The summed E-state index contributed by atoms with van der Waals surface area (Å²) in [5.74, 6) is -0.431.